The van der Waals surface area contributed by atoms with E-state index in [9.17, 15) is 34.2 Å². The molecule has 0 aliphatic carbocycles. The number of imidazole rings is 3. The molecule has 2 aliphatic rings. The Hall–Kier alpha value is -4.97. The molecule has 0 saturated carbocycles. The monoisotopic (exact) mass is 865 g/mol. The van der Waals surface area contributed by atoms with Crippen LogP contribution in [0.5, 0.6) is 0 Å². The first-order valence-corrected chi connectivity index (χ1v) is 20.1. The van der Waals surface area contributed by atoms with Crippen LogP contribution in [0.15, 0.2) is 38.0 Å². The average Bonchev–Trinajstić information content (AvgIpc) is 4.03. The Morgan fingerprint density at radius 2 is 1.14 bits per heavy atom. The van der Waals surface area contributed by atoms with Gasteiger partial charge >= 0.3 is 0 Å². The molecule has 0 aromatic carbocycles. The molecule has 2 saturated heterocycles. The van der Waals surface area contributed by atoms with Crippen molar-refractivity contribution in [1.82, 2.24) is 58.6 Å². The molecule has 2 fully saturated rings. The lowest BCUT2D eigenvalue weighted by molar-refractivity contribution is -0.238. The molecular formula is C28H33N15O14P2-2. The first-order valence-electron chi connectivity index (χ1n) is 17.2. The van der Waals surface area contributed by atoms with Crippen LogP contribution in [0.3, 0.4) is 0 Å². The molecule has 9 N–H and O–H groups in total. The molecule has 316 valence electrons. The summed E-state index contributed by atoms with van der Waals surface area (Å²) >= 11 is 0. The second kappa shape index (κ2) is 16.2. The van der Waals surface area contributed by atoms with Gasteiger partial charge in [-0.25, -0.2) is 44.9 Å². The zero-order chi connectivity index (χ0) is 41.6. The minimum absolute atomic E-state index is 0.00359. The molecule has 0 spiro atoms. The van der Waals surface area contributed by atoms with Crippen LogP contribution in [-0.4, -0.2) is 137 Å². The van der Waals surface area contributed by atoms with E-state index in [1.807, 2.05) is 0 Å². The number of fused-ring (bicyclic) bond motifs is 3. The number of nitrogens with two attached hydrogens (primary N) is 3. The van der Waals surface area contributed by atoms with E-state index in [-0.39, 0.29) is 53.1 Å². The molecule has 8 heterocycles. The van der Waals surface area contributed by atoms with Gasteiger partial charge in [0.25, 0.3) is 15.6 Å². The number of phosphoric ester groups is 2. The summed E-state index contributed by atoms with van der Waals surface area (Å²) in [4.78, 5) is 62.6. The zero-order valence-corrected chi connectivity index (χ0v) is 31.7. The number of hydrogen-bond acceptors (Lipinski definition) is 26. The van der Waals surface area contributed by atoms with E-state index in [0.717, 1.165) is 19.0 Å². The predicted octanol–water partition coefficient (Wildman–Crippen LogP) is -3.52. The van der Waals surface area contributed by atoms with Gasteiger partial charge in [-0.05, 0) is 0 Å². The van der Waals surface area contributed by atoms with E-state index in [0.29, 0.717) is 11.2 Å². The molecule has 29 nitrogen and oxygen atoms in total. The highest BCUT2D eigenvalue weighted by Crippen LogP contribution is 2.49. The highest BCUT2D eigenvalue weighted by molar-refractivity contribution is 7.46. The van der Waals surface area contributed by atoms with Crippen molar-refractivity contribution in [1.29, 1.82) is 0 Å². The van der Waals surface area contributed by atoms with E-state index >= 15 is 0 Å². The van der Waals surface area contributed by atoms with Crippen LogP contribution in [-0.2, 0) is 48.2 Å². The van der Waals surface area contributed by atoms with Gasteiger partial charge in [-0.15, -0.1) is 0 Å². The molecule has 8 rings (SSSR count). The molecule has 0 amide bonds. The van der Waals surface area contributed by atoms with E-state index in [4.69, 9.17) is 49.5 Å². The number of phosphoric acid groups is 2. The van der Waals surface area contributed by atoms with Gasteiger partial charge in [-0.2, -0.15) is 0 Å². The number of aromatic nitrogens is 12. The number of hydrogen-bond donors (Lipinski definition) is 6. The molecule has 6 aromatic heterocycles. The van der Waals surface area contributed by atoms with Crippen LogP contribution >= 0.6 is 15.6 Å². The lowest BCUT2D eigenvalue weighted by Crippen LogP contribution is -2.38. The fourth-order valence-corrected chi connectivity index (χ4v) is 8.20. The normalized spacial score (nSPS) is 26.9. The number of aliphatic hydroxyl groups excluding tert-OH is 3. The number of nitrogen functional groups attached to an aromatic ring is 3. The van der Waals surface area contributed by atoms with Gasteiger partial charge in [0.2, 0.25) is 0 Å². The second-order valence-corrected chi connectivity index (χ2v) is 15.5. The highest BCUT2D eigenvalue weighted by atomic mass is 31.2. The Kier molecular flexibility index (Phi) is 11.2. The topological polar surface area (TPSA) is 414 Å². The third kappa shape index (κ3) is 8.04. The molecular weight excluding hydrogens is 832 g/mol. The van der Waals surface area contributed by atoms with Gasteiger partial charge in [-0.1, -0.05) is 0 Å². The van der Waals surface area contributed by atoms with Crippen LogP contribution in [0.1, 0.15) is 12.5 Å². The van der Waals surface area contributed by atoms with Gasteiger partial charge in [0.15, 0.2) is 46.9 Å². The Labute approximate surface area is 328 Å². The van der Waals surface area contributed by atoms with Crippen molar-refractivity contribution in [3.8, 4) is 0 Å². The predicted molar refractivity (Wildman–Crippen MR) is 189 cm³/mol. The van der Waals surface area contributed by atoms with Crippen LogP contribution in [0, 0.1) is 0 Å². The van der Waals surface area contributed by atoms with E-state index in [2.05, 4.69) is 44.9 Å². The maximum atomic E-state index is 13.3. The Bertz CT molecular complexity index is 2560. The first-order chi connectivity index (χ1) is 28.2. The number of ether oxygens (including phenoxy) is 3. The Morgan fingerprint density at radius 3 is 1.69 bits per heavy atom. The standard InChI is InChI=1S/C28H35N15O14P2/c29-21-14-24(35-5-32-21)41(8-38-14)11-51-1-2-52-58(47,48)56-20-18(46)13(55-28(20)43-10-40-16-23(31)34-7-37-26(16)43)4-53-59(49,50)57-19-17(45)12(3-44)54-27(19)42-9-39-15-22(30)33-6-36-25(15)42/h5-10,12-13,17-20,27-28,44-46H,1-4,11H2,(H,47,48)(H,49,50)(H2,29,32,35)(H2,30,33,36)(H2,31,34,37)/p-2/t12-,13-,17-,18-,19-,20-,27-,28-/m1/s1. The van der Waals surface area contributed by atoms with Gasteiger partial charge in [0.1, 0.15) is 78.9 Å². The third-order valence-corrected chi connectivity index (χ3v) is 11.1. The lowest BCUT2D eigenvalue weighted by Gasteiger charge is -2.31. The maximum Gasteiger partial charge on any atom is 0.268 e. The van der Waals surface area contributed by atoms with Crippen molar-refractivity contribution in [2.45, 2.75) is 55.8 Å². The molecule has 2 unspecified atom stereocenters. The van der Waals surface area contributed by atoms with Crippen LogP contribution < -0.4 is 27.0 Å². The van der Waals surface area contributed by atoms with Gasteiger partial charge < -0.3 is 74.6 Å². The van der Waals surface area contributed by atoms with Crippen molar-refractivity contribution >= 4 is 66.6 Å². The molecule has 0 bridgehead atoms. The molecule has 0 radical (unpaired) electrons. The minimum Gasteiger partial charge on any atom is -0.756 e. The number of anilines is 3. The maximum absolute atomic E-state index is 13.3. The van der Waals surface area contributed by atoms with Crippen LogP contribution in [0.2, 0.25) is 0 Å². The first kappa shape index (κ1) is 40.8. The molecule has 31 heteroatoms. The largest absolute Gasteiger partial charge is 0.756 e. The summed E-state index contributed by atoms with van der Waals surface area (Å²) in [6, 6.07) is 0. The fourth-order valence-electron chi connectivity index (χ4n) is 6.40. The van der Waals surface area contributed by atoms with E-state index in [1.54, 1.807) is 0 Å². The molecule has 2 aliphatic heterocycles. The lowest BCUT2D eigenvalue weighted by atomic mass is 10.1. The average molecular weight is 866 g/mol. The van der Waals surface area contributed by atoms with Crippen molar-refractivity contribution < 1.29 is 66.5 Å². The summed E-state index contributed by atoms with van der Waals surface area (Å²) in [6.07, 6.45) is -5.88. The highest BCUT2D eigenvalue weighted by Gasteiger charge is 2.50. The van der Waals surface area contributed by atoms with Gasteiger partial charge in [-0.3, -0.25) is 22.8 Å². The minimum atomic E-state index is -5.47. The van der Waals surface area contributed by atoms with E-state index in [1.165, 1.54) is 32.7 Å². The summed E-state index contributed by atoms with van der Waals surface area (Å²) in [5.41, 5.74) is 18.7. The number of rotatable bonds is 16. The quantitative estimate of drug-likeness (QED) is 0.0405. The van der Waals surface area contributed by atoms with E-state index < -0.39 is 84.5 Å². The smallest absolute Gasteiger partial charge is 0.268 e. The van der Waals surface area contributed by atoms with Crippen molar-refractivity contribution in [2.24, 2.45) is 0 Å². The van der Waals surface area contributed by atoms with Crippen molar-refractivity contribution in [3.05, 3.63) is 38.0 Å². The molecule has 6 aromatic rings. The van der Waals surface area contributed by atoms with Crippen molar-refractivity contribution in [2.75, 3.05) is 43.6 Å². The van der Waals surface area contributed by atoms with Crippen molar-refractivity contribution in [3.63, 3.8) is 0 Å². The second-order valence-electron chi connectivity index (χ2n) is 12.8. The van der Waals surface area contributed by atoms with Crippen LogP contribution in [0.4, 0.5) is 17.5 Å². The summed E-state index contributed by atoms with van der Waals surface area (Å²) in [5, 5.41) is 32.1. The Morgan fingerprint density at radius 1 is 0.661 bits per heavy atom. The molecule has 59 heavy (non-hydrogen) atoms. The summed E-state index contributed by atoms with van der Waals surface area (Å²) in [6.45, 7) is -2.62. The fraction of sp³-hybridized carbons (Fsp3) is 0.464. The molecule has 10 atom stereocenters. The summed E-state index contributed by atoms with van der Waals surface area (Å²) < 4.78 is 68.0. The van der Waals surface area contributed by atoms with Gasteiger partial charge in [0.05, 0.1) is 45.4 Å². The van der Waals surface area contributed by atoms with Gasteiger partial charge in [0, 0.05) is 0 Å². The number of aliphatic hydroxyl groups is 3. The zero-order valence-electron chi connectivity index (χ0n) is 29.9. The third-order valence-electron chi connectivity index (χ3n) is 9.16. The summed E-state index contributed by atoms with van der Waals surface area (Å²) in [5.74, 6) is 0.129. The Balaban J connectivity index is 0.952. The summed E-state index contributed by atoms with van der Waals surface area (Å²) in [7, 11) is -10.8. The number of nitrogens with zero attached hydrogens (tertiary/aromatic N) is 12. The SMILES string of the molecule is Nc1ncnc2c1ncn2COCCOP(=O)([O-])O[C@@H]1[C@H](O)[C@@H](COP(=O)([O-])O[C@@H]2[C@H](O)[C@@H](CO)O[C@H]2n2cnc3c(N)ncnc32)O[C@H]1n1cnc2c(N)ncnc21. The van der Waals surface area contributed by atoms with Crippen LogP contribution in [0.25, 0.3) is 33.5 Å².